The minimum atomic E-state index is -0.653. The molecule has 2 atom stereocenters. The summed E-state index contributed by atoms with van der Waals surface area (Å²) < 4.78 is 5.05. The highest BCUT2D eigenvalue weighted by molar-refractivity contribution is 5.89. The molecule has 15 heavy (non-hydrogen) atoms. The fraction of sp³-hybridized carbons (Fsp3) is 0.417. The number of hydrogen-bond donors (Lipinski definition) is 1. The molecule has 1 rings (SSSR count). The zero-order chi connectivity index (χ0) is 11.4. The number of esters is 1. The first-order chi connectivity index (χ1) is 7.00. The largest absolute Gasteiger partial charge is 0.456 e. The first-order valence-corrected chi connectivity index (χ1v) is 4.96. The summed E-state index contributed by atoms with van der Waals surface area (Å²) in [4.78, 5) is 11.5. The molecule has 0 aliphatic carbocycles. The molecule has 3 heteroatoms. The molecule has 2 unspecified atom stereocenters. The lowest BCUT2D eigenvalue weighted by Crippen LogP contribution is -2.25. The Kier molecular flexibility index (Phi) is 3.86. The number of hydrogen-bond acceptors (Lipinski definition) is 3. The van der Waals surface area contributed by atoms with Gasteiger partial charge in [0.15, 0.2) is 0 Å². The van der Waals surface area contributed by atoms with Gasteiger partial charge in [0.2, 0.25) is 0 Å². The molecular formula is C12H16O3. The molecule has 1 aromatic rings. The Morgan fingerprint density at radius 1 is 1.27 bits per heavy atom. The summed E-state index contributed by atoms with van der Waals surface area (Å²) in [6.45, 7) is 5.21. The van der Waals surface area contributed by atoms with E-state index >= 15 is 0 Å². The standard InChI is InChI=1S/C12H16O3/c1-8-4-6-11(7-5-8)12(14)15-10(3)9(2)13/h4-7,9-10,13H,1-3H3. The monoisotopic (exact) mass is 208 g/mol. The molecule has 0 amide bonds. The van der Waals surface area contributed by atoms with Gasteiger partial charge in [-0.3, -0.25) is 0 Å². The summed E-state index contributed by atoms with van der Waals surface area (Å²) in [5, 5.41) is 9.18. The van der Waals surface area contributed by atoms with E-state index in [1.54, 1.807) is 26.0 Å². The topological polar surface area (TPSA) is 46.5 Å². The lowest BCUT2D eigenvalue weighted by molar-refractivity contribution is -0.00469. The van der Waals surface area contributed by atoms with Crippen molar-refractivity contribution in [2.24, 2.45) is 0 Å². The van der Waals surface area contributed by atoms with E-state index in [9.17, 15) is 9.90 Å². The van der Waals surface area contributed by atoms with Crippen LogP contribution in [0.1, 0.15) is 29.8 Å². The SMILES string of the molecule is Cc1ccc(C(=O)OC(C)C(C)O)cc1. The van der Waals surface area contributed by atoms with Crippen LogP contribution in [0.15, 0.2) is 24.3 Å². The lowest BCUT2D eigenvalue weighted by Gasteiger charge is -2.15. The molecule has 0 fully saturated rings. The Bertz CT molecular complexity index is 327. The van der Waals surface area contributed by atoms with Crippen molar-refractivity contribution in [1.82, 2.24) is 0 Å². The molecule has 0 radical (unpaired) electrons. The number of rotatable bonds is 3. The number of carbonyl (C=O) groups excluding carboxylic acids is 1. The van der Waals surface area contributed by atoms with Gasteiger partial charge in [0.1, 0.15) is 6.10 Å². The van der Waals surface area contributed by atoms with Crippen molar-refractivity contribution in [2.75, 3.05) is 0 Å². The van der Waals surface area contributed by atoms with Crippen molar-refractivity contribution < 1.29 is 14.6 Å². The molecular weight excluding hydrogens is 192 g/mol. The molecule has 0 saturated carbocycles. The van der Waals surface area contributed by atoms with Gasteiger partial charge >= 0.3 is 5.97 Å². The summed E-state index contributed by atoms with van der Waals surface area (Å²) >= 11 is 0. The fourth-order valence-electron chi connectivity index (χ4n) is 1.02. The van der Waals surface area contributed by atoms with Gasteiger partial charge in [-0.1, -0.05) is 17.7 Å². The first-order valence-electron chi connectivity index (χ1n) is 4.96. The van der Waals surface area contributed by atoms with E-state index in [0.29, 0.717) is 5.56 Å². The second kappa shape index (κ2) is 4.94. The van der Waals surface area contributed by atoms with Crippen molar-refractivity contribution in [3.05, 3.63) is 35.4 Å². The summed E-state index contributed by atoms with van der Waals surface area (Å²) in [6.07, 6.45) is -1.14. The number of ether oxygens (including phenoxy) is 1. The van der Waals surface area contributed by atoms with Crippen LogP contribution in [0.4, 0.5) is 0 Å². The minimum absolute atomic E-state index is 0.400. The van der Waals surface area contributed by atoms with Gasteiger partial charge in [-0.2, -0.15) is 0 Å². The summed E-state index contributed by atoms with van der Waals surface area (Å²) in [7, 11) is 0. The third-order valence-corrected chi connectivity index (χ3v) is 2.26. The van der Waals surface area contributed by atoms with E-state index in [1.807, 2.05) is 19.1 Å². The van der Waals surface area contributed by atoms with Gasteiger partial charge in [0, 0.05) is 0 Å². The molecule has 0 aliphatic rings. The molecule has 0 saturated heterocycles. The van der Waals surface area contributed by atoms with Gasteiger partial charge < -0.3 is 9.84 Å². The van der Waals surface area contributed by atoms with Crippen LogP contribution in [0, 0.1) is 6.92 Å². The van der Waals surface area contributed by atoms with E-state index in [2.05, 4.69) is 0 Å². The van der Waals surface area contributed by atoms with Crippen LogP contribution in [0.2, 0.25) is 0 Å². The predicted molar refractivity (Wildman–Crippen MR) is 57.7 cm³/mol. The van der Waals surface area contributed by atoms with Crippen molar-refractivity contribution >= 4 is 5.97 Å². The third kappa shape index (κ3) is 3.36. The zero-order valence-electron chi connectivity index (χ0n) is 9.23. The minimum Gasteiger partial charge on any atom is -0.456 e. The average molecular weight is 208 g/mol. The Hall–Kier alpha value is -1.35. The van der Waals surface area contributed by atoms with Crippen LogP contribution < -0.4 is 0 Å². The number of aliphatic hydroxyl groups is 1. The molecule has 0 bridgehead atoms. The van der Waals surface area contributed by atoms with E-state index in [4.69, 9.17) is 4.74 Å². The predicted octanol–water partition coefficient (Wildman–Crippen LogP) is 1.92. The summed E-state index contributed by atoms with van der Waals surface area (Å²) in [5.41, 5.74) is 1.60. The average Bonchev–Trinajstić information content (AvgIpc) is 2.18. The highest BCUT2D eigenvalue weighted by Gasteiger charge is 2.15. The molecule has 0 aromatic heterocycles. The van der Waals surface area contributed by atoms with Crippen molar-refractivity contribution in [2.45, 2.75) is 33.0 Å². The van der Waals surface area contributed by atoms with E-state index in [1.165, 1.54) is 0 Å². The quantitative estimate of drug-likeness (QED) is 0.772. The molecule has 0 aliphatic heterocycles. The molecule has 0 heterocycles. The Balaban J connectivity index is 2.65. The summed E-state index contributed by atoms with van der Waals surface area (Å²) in [5.74, 6) is -0.400. The van der Waals surface area contributed by atoms with Gasteiger partial charge in [-0.05, 0) is 32.9 Å². The maximum Gasteiger partial charge on any atom is 0.338 e. The number of carbonyl (C=O) groups is 1. The van der Waals surface area contributed by atoms with E-state index < -0.39 is 18.2 Å². The highest BCUT2D eigenvalue weighted by Crippen LogP contribution is 2.07. The van der Waals surface area contributed by atoms with Crippen LogP contribution in [0.5, 0.6) is 0 Å². The lowest BCUT2D eigenvalue weighted by atomic mass is 10.1. The van der Waals surface area contributed by atoms with Gasteiger partial charge in [-0.25, -0.2) is 4.79 Å². The second-order valence-corrected chi connectivity index (χ2v) is 3.72. The maximum absolute atomic E-state index is 11.5. The van der Waals surface area contributed by atoms with Crippen LogP contribution in [-0.2, 0) is 4.74 Å². The van der Waals surface area contributed by atoms with Gasteiger partial charge in [0.25, 0.3) is 0 Å². The van der Waals surface area contributed by atoms with Crippen LogP contribution >= 0.6 is 0 Å². The Morgan fingerprint density at radius 3 is 2.27 bits per heavy atom. The molecule has 1 N–H and O–H groups in total. The smallest absolute Gasteiger partial charge is 0.338 e. The van der Waals surface area contributed by atoms with Crippen molar-refractivity contribution in [3.8, 4) is 0 Å². The van der Waals surface area contributed by atoms with E-state index in [0.717, 1.165) is 5.56 Å². The fourth-order valence-corrected chi connectivity index (χ4v) is 1.02. The van der Waals surface area contributed by atoms with Gasteiger partial charge in [0.05, 0.1) is 11.7 Å². The van der Waals surface area contributed by atoms with Crippen molar-refractivity contribution in [3.63, 3.8) is 0 Å². The Morgan fingerprint density at radius 2 is 1.80 bits per heavy atom. The molecule has 1 aromatic carbocycles. The first kappa shape index (κ1) is 11.7. The van der Waals surface area contributed by atoms with Crippen molar-refractivity contribution in [1.29, 1.82) is 0 Å². The second-order valence-electron chi connectivity index (χ2n) is 3.72. The number of benzene rings is 1. The third-order valence-electron chi connectivity index (χ3n) is 2.26. The number of aliphatic hydroxyl groups excluding tert-OH is 1. The van der Waals surface area contributed by atoms with Crippen LogP contribution in [-0.4, -0.2) is 23.3 Å². The van der Waals surface area contributed by atoms with Crippen LogP contribution in [0.3, 0.4) is 0 Å². The highest BCUT2D eigenvalue weighted by atomic mass is 16.6. The van der Waals surface area contributed by atoms with E-state index in [-0.39, 0.29) is 0 Å². The van der Waals surface area contributed by atoms with Gasteiger partial charge in [-0.15, -0.1) is 0 Å². The van der Waals surface area contributed by atoms with Crippen LogP contribution in [0.25, 0.3) is 0 Å². The normalized spacial score (nSPS) is 14.4. The molecule has 3 nitrogen and oxygen atoms in total. The summed E-state index contributed by atoms with van der Waals surface area (Å²) in [6, 6.07) is 7.13. The zero-order valence-corrected chi connectivity index (χ0v) is 9.23. The Labute approximate surface area is 89.7 Å². The molecule has 82 valence electrons. The number of aryl methyl sites for hydroxylation is 1. The molecule has 0 spiro atoms. The maximum atomic E-state index is 11.5.